The number of piperidine rings is 1. The molecule has 1 fully saturated rings. The van der Waals surface area contributed by atoms with Crippen LogP contribution in [0.15, 0.2) is 18.2 Å². The second-order valence-corrected chi connectivity index (χ2v) is 6.41. The van der Waals surface area contributed by atoms with Crippen molar-refractivity contribution in [2.45, 2.75) is 57.6 Å². The third-order valence-corrected chi connectivity index (χ3v) is 4.52. The van der Waals surface area contributed by atoms with Crippen LogP contribution in [0, 0.1) is 17.6 Å². The molecule has 1 heterocycles. The molecule has 0 saturated carbocycles. The van der Waals surface area contributed by atoms with Gasteiger partial charge in [0.05, 0.1) is 6.10 Å². The number of hydrogen-bond acceptors (Lipinski definition) is 3. The van der Waals surface area contributed by atoms with Crippen molar-refractivity contribution in [2.24, 2.45) is 5.92 Å². The summed E-state index contributed by atoms with van der Waals surface area (Å²) in [6.07, 6.45) is 3.38. The summed E-state index contributed by atoms with van der Waals surface area (Å²) in [6.45, 7) is 2.71. The highest BCUT2D eigenvalue weighted by Gasteiger charge is 2.31. The first kappa shape index (κ1) is 18.0. The number of benzene rings is 1. The third-order valence-electron chi connectivity index (χ3n) is 4.52. The molecule has 2 N–H and O–H groups in total. The van der Waals surface area contributed by atoms with Gasteiger partial charge in [-0.25, -0.2) is 8.78 Å². The predicted molar refractivity (Wildman–Crippen MR) is 85.1 cm³/mol. The number of Topliss-reactive ketones (excluding diaryl/α,β-unsaturated/α-hetero) is 1. The van der Waals surface area contributed by atoms with Gasteiger partial charge < -0.3 is 10.4 Å². The summed E-state index contributed by atoms with van der Waals surface area (Å²) >= 11 is 0. The highest BCUT2D eigenvalue weighted by molar-refractivity contribution is 5.82. The fourth-order valence-corrected chi connectivity index (χ4v) is 3.12. The van der Waals surface area contributed by atoms with Gasteiger partial charge >= 0.3 is 0 Å². The number of aliphatic hydroxyl groups is 1. The summed E-state index contributed by atoms with van der Waals surface area (Å²) in [5, 5.41) is 13.5. The van der Waals surface area contributed by atoms with E-state index in [-0.39, 0.29) is 17.7 Å². The summed E-state index contributed by atoms with van der Waals surface area (Å²) in [5.41, 5.74) is 0.518. The van der Waals surface area contributed by atoms with E-state index >= 15 is 0 Å². The average Bonchev–Trinajstić information content (AvgIpc) is 2.50. The number of rotatable bonds is 7. The number of ketones is 1. The van der Waals surface area contributed by atoms with E-state index in [0.717, 1.165) is 25.3 Å². The lowest BCUT2D eigenvalue weighted by atomic mass is 9.86. The van der Waals surface area contributed by atoms with Crippen LogP contribution in [0.5, 0.6) is 0 Å². The molecule has 3 atom stereocenters. The number of carbonyl (C=O) groups excluding carboxylic acids is 1. The van der Waals surface area contributed by atoms with Crippen molar-refractivity contribution in [3.63, 3.8) is 0 Å². The molecular weight excluding hydrogens is 300 g/mol. The van der Waals surface area contributed by atoms with Crippen LogP contribution in [0.25, 0.3) is 0 Å². The molecular formula is C18H25F2NO2. The molecule has 1 saturated heterocycles. The second-order valence-electron chi connectivity index (χ2n) is 6.41. The summed E-state index contributed by atoms with van der Waals surface area (Å²) in [6, 6.07) is 3.11. The Morgan fingerprint density at radius 2 is 2.00 bits per heavy atom. The molecule has 3 unspecified atom stereocenters. The standard InChI is InChI=1S/C18H25F2NO2/c1-2-3-4-13-11-21-16(10-18(13)23)17(22)6-5-12-7-14(19)9-15(20)8-12/h7-9,13,16-17,21-22H,2-6,10-11H2,1H3. The van der Waals surface area contributed by atoms with Crippen LogP contribution in [-0.2, 0) is 11.2 Å². The van der Waals surface area contributed by atoms with E-state index in [1.165, 1.54) is 12.1 Å². The van der Waals surface area contributed by atoms with E-state index in [4.69, 9.17) is 0 Å². The number of hydrogen-bond donors (Lipinski definition) is 2. The van der Waals surface area contributed by atoms with Crippen LogP contribution < -0.4 is 5.32 Å². The summed E-state index contributed by atoms with van der Waals surface area (Å²) in [4.78, 5) is 12.1. The predicted octanol–water partition coefficient (Wildman–Crippen LogP) is 3.00. The molecule has 1 aliphatic heterocycles. The molecule has 2 rings (SSSR count). The summed E-state index contributed by atoms with van der Waals surface area (Å²) in [7, 11) is 0. The van der Waals surface area contributed by atoms with Gasteiger partial charge in [-0.1, -0.05) is 19.8 Å². The first-order valence-electron chi connectivity index (χ1n) is 8.38. The van der Waals surface area contributed by atoms with E-state index < -0.39 is 17.7 Å². The van der Waals surface area contributed by atoms with Gasteiger partial charge in [-0.2, -0.15) is 0 Å². The average molecular weight is 325 g/mol. The molecule has 0 amide bonds. The van der Waals surface area contributed by atoms with Gasteiger partial charge in [-0.15, -0.1) is 0 Å². The fraction of sp³-hybridized carbons (Fsp3) is 0.611. The largest absolute Gasteiger partial charge is 0.391 e. The zero-order valence-corrected chi connectivity index (χ0v) is 13.5. The molecule has 0 bridgehead atoms. The molecule has 0 spiro atoms. The number of carbonyl (C=O) groups is 1. The fourth-order valence-electron chi connectivity index (χ4n) is 3.12. The van der Waals surface area contributed by atoms with Crippen LogP contribution in [0.3, 0.4) is 0 Å². The maximum atomic E-state index is 13.1. The summed E-state index contributed by atoms with van der Waals surface area (Å²) < 4.78 is 26.3. The number of nitrogens with one attached hydrogen (secondary N) is 1. The minimum Gasteiger partial charge on any atom is -0.391 e. The van der Waals surface area contributed by atoms with Gasteiger partial charge in [-0.05, 0) is 37.0 Å². The maximum absolute atomic E-state index is 13.1. The van der Waals surface area contributed by atoms with Crippen LogP contribution in [0.4, 0.5) is 8.78 Å². The molecule has 0 radical (unpaired) electrons. The van der Waals surface area contributed by atoms with Crippen molar-refractivity contribution in [1.82, 2.24) is 5.32 Å². The number of aliphatic hydroxyl groups excluding tert-OH is 1. The molecule has 5 heteroatoms. The maximum Gasteiger partial charge on any atom is 0.138 e. The van der Waals surface area contributed by atoms with E-state index in [1.807, 2.05) is 0 Å². The number of unbranched alkanes of at least 4 members (excludes halogenated alkanes) is 1. The molecule has 1 aliphatic rings. The van der Waals surface area contributed by atoms with Gasteiger partial charge in [0.2, 0.25) is 0 Å². The van der Waals surface area contributed by atoms with E-state index in [0.29, 0.717) is 31.4 Å². The van der Waals surface area contributed by atoms with Crippen molar-refractivity contribution >= 4 is 5.78 Å². The van der Waals surface area contributed by atoms with Crippen LogP contribution in [0.1, 0.15) is 44.6 Å². The van der Waals surface area contributed by atoms with Crippen LogP contribution in [0.2, 0.25) is 0 Å². The molecule has 0 aliphatic carbocycles. The second kappa shape index (κ2) is 8.50. The number of halogens is 2. The van der Waals surface area contributed by atoms with E-state index in [2.05, 4.69) is 12.2 Å². The monoisotopic (exact) mass is 325 g/mol. The van der Waals surface area contributed by atoms with Gasteiger partial charge in [-0.3, -0.25) is 4.79 Å². The lowest BCUT2D eigenvalue weighted by Gasteiger charge is -2.32. The van der Waals surface area contributed by atoms with E-state index in [1.54, 1.807) is 0 Å². The lowest BCUT2D eigenvalue weighted by Crippen LogP contribution is -2.50. The third kappa shape index (κ3) is 5.36. The quantitative estimate of drug-likeness (QED) is 0.810. The Morgan fingerprint density at radius 1 is 1.30 bits per heavy atom. The van der Waals surface area contributed by atoms with Crippen molar-refractivity contribution in [3.8, 4) is 0 Å². The number of aryl methyl sites for hydroxylation is 1. The minimum absolute atomic E-state index is 0.0516. The highest BCUT2D eigenvalue weighted by atomic mass is 19.1. The first-order chi connectivity index (χ1) is 11.0. The Morgan fingerprint density at radius 3 is 2.61 bits per heavy atom. The van der Waals surface area contributed by atoms with Crippen molar-refractivity contribution in [3.05, 3.63) is 35.4 Å². The minimum atomic E-state index is -0.697. The van der Waals surface area contributed by atoms with Gasteiger partial charge in [0.1, 0.15) is 17.4 Å². The highest BCUT2D eigenvalue weighted by Crippen LogP contribution is 2.20. The van der Waals surface area contributed by atoms with Gasteiger partial charge in [0.15, 0.2) is 0 Å². The van der Waals surface area contributed by atoms with Crippen molar-refractivity contribution in [1.29, 1.82) is 0 Å². The zero-order chi connectivity index (χ0) is 16.8. The Labute approximate surface area is 136 Å². The van der Waals surface area contributed by atoms with Crippen LogP contribution >= 0.6 is 0 Å². The van der Waals surface area contributed by atoms with Crippen molar-refractivity contribution in [2.75, 3.05) is 6.54 Å². The molecule has 1 aromatic carbocycles. The molecule has 1 aromatic rings. The SMILES string of the molecule is CCCCC1CNC(C(O)CCc2cc(F)cc(F)c2)CC1=O. The normalized spacial score (nSPS) is 23.0. The summed E-state index contributed by atoms with van der Waals surface area (Å²) in [5.74, 6) is -0.966. The lowest BCUT2D eigenvalue weighted by molar-refractivity contribution is -0.126. The van der Waals surface area contributed by atoms with E-state index in [9.17, 15) is 18.7 Å². The Hall–Kier alpha value is -1.33. The first-order valence-corrected chi connectivity index (χ1v) is 8.38. The molecule has 3 nitrogen and oxygen atoms in total. The van der Waals surface area contributed by atoms with Crippen molar-refractivity contribution < 1.29 is 18.7 Å². The van der Waals surface area contributed by atoms with Gasteiger partial charge in [0.25, 0.3) is 0 Å². The smallest absolute Gasteiger partial charge is 0.138 e. The Balaban J connectivity index is 1.82. The topological polar surface area (TPSA) is 49.3 Å². The Kier molecular flexibility index (Phi) is 6.66. The zero-order valence-electron chi connectivity index (χ0n) is 13.5. The Bertz CT molecular complexity index is 516. The van der Waals surface area contributed by atoms with Crippen LogP contribution in [-0.4, -0.2) is 29.6 Å². The molecule has 23 heavy (non-hydrogen) atoms. The van der Waals surface area contributed by atoms with Gasteiger partial charge in [0, 0.05) is 31.0 Å². The molecule has 128 valence electrons. The molecule has 0 aromatic heterocycles.